The number of rotatable bonds is 5. The van der Waals surface area contributed by atoms with Crippen molar-refractivity contribution in [3.8, 4) is 0 Å². The molecule has 0 radical (unpaired) electrons. The van der Waals surface area contributed by atoms with E-state index in [1.54, 1.807) is 0 Å². The molecular formula is C17H19BrN2O. The summed E-state index contributed by atoms with van der Waals surface area (Å²) in [7, 11) is 0. The van der Waals surface area contributed by atoms with Crippen LogP contribution in [-0.4, -0.2) is 5.91 Å². The summed E-state index contributed by atoms with van der Waals surface area (Å²) in [5, 5.41) is 6.32. The summed E-state index contributed by atoms with van der Waals surface area (Å²) < 4.78 is 1.08. The van der Waals surface area contributed by atoms with Crippen molar-refractivity contribution in [2.24, 2.45) is 0 Å². The van der Waals surface area contributed by atoms with E-state index in [4.69, 9.17) is 0 Å². The van der Waals surface area contributed by atoms with Crippen molar-refractivity contribution in [2.75, 3.05) is 10.6 Å². The molecule has 3 nitrogen and oxygen atoms in total. The van der Waals surface area contributed by atoms with E-state index in [1.165, 1.54) is 5.56 Å². The quantitative estimate of drug-likeness (QED) is 0.802. The highest BCUT2D eigenvalue weighted by Crippen LogP contribution is 2.26. The van der Waals surface area contributed by atoms with Crippen LogP contribution in [-0.2, 0) is 4.79 Å². The van der Waals surface area contributed by atoms with Gasteiger partial charge in [-0.25, -0.2) is 0 Å². The lowest BCUT2D eigenvalue weighted by Gasteiger charge is -2.17. The Morgan fingerprint density at radius 2 is 1.86 bits per heavy atom. The average molecular weight is 347 g/mol. The fourth-order valence-electron chi connectivity index (χ4n) is 2.09. The molecule has 0 spiro atoms. The van der Waals surface area contributed by atoms with E-state index in [0.717, 1.165) is 15.8 Å². The summed E-state index contributed by atoms with van der Waals surface area (Å²) in [6.07, 6.45) is 0.477. The molecule has 2 rings (SSSR count). The van der Waals surface area contributed by atoms with Gasteiger partial charge in [-0.05, 0) is 36.8 Å². The van der Waals surface area contributed by atoms with Gasteiger partial charge in [0, 0.05) is 28.3 Å². The number of carbonyl (C=O) groups is 1. The van der Waals surface area contributed by atoms with Crippen LogP contribution in [0.3, 0.4) is 0 Å². The Kier molecular flexibility index (Phi) is 5.39. The Morgan fingerprint density at radius 3 is 2.57 bits per heavy atom. The third kappa shape index (κ3) is 4.33. The van der Waals surface area contributed by atoms with Crippen molar-refractivity contribution in [3.05, 3.63) is 58.6 Å². The minimum atomic E-state index is 0.0194. The predicted molar refractivity (Wildman–Crippen MR) is 91.5 cm³/mol. The predicted octanol–water partition coefficient (Wildman–Crippen LogP) is 4.97. The van der Waals surface area contributed by atoms with Crippen LogP contribution in [0.2, 0.25) is 0 Å². The van der Waals surface area contributed by atoms with Crippen LogP contribution in [0.4, 0.5) is 11.4 Å². The second-order valence-electron chi connectivity index (χ2n) is 4.87. The molecule has 2 aromatic carbocycles. The summed E-state index contributed by atoms with van der Waals surface area (Å²) in [6, 6.07) is 16.1. The van der Waals surface area contributed by atoms with Crippen LogP contribution in [0.5, 0.6) is 0 Å². The minimum absolute atomic E-state index is 0.0194. The zero-order valence-electron chi connectivity index (χ0n) is 12.2. The zero-order valence-corrected chi connectivity index (χ0v) is 13.8. The third-order valence-corrected chi connectivity index (χ3v) is 3.94. The Bertz CT molecular complexity index is 628. The summed E-state index contributed by atoms with van der Waals surface area (Å²) in [5.74, 6) is 0.0194. The van der Waals surface area contributed by atoms with Crippen LogP contribution >= 0.6 is 15.9 Å². The van der Waals surface area contributed by atoms with E-state index in [0.29, 0.717) is 6.42 Å². The topological polar surface area (TPSA) is 41.1 Å². The van der Waals surface area contributed by atoms with Crippen LogP contribution in [0, 0.1) is 0 Å². The number of benzene rings is 2. The number of halogens is 1. The van der Waals surface area contributed by atoms with Gasteiger partial charge in [0.15, 0.2) is 0 Å². The molecule has 0 aliphatic carbocycles. The molecular weight excluding hydrogens is 328 g/mol. The number of hydrogen-bond acceptors (Lipinski definition) is 2. The Balaban J connectivity index is 2.11. The molecule has 2 N–H and O–H groups in total. The molecule has 0 saturated carbocycles. The molecule has 0 aromatic heterocycles. The van der Waals surface area contributed by atoms with Crippen molar-refractivity contribution in [3.63, 3.8) is 0 Å². The second-order valence-corrected chi connectivity index (χ2v) is 5.72. The fraction of sp³-hybridized carbons (Fsp3) is 0.235. The van der Waals surface area contributed by atoms with Crippen molar-refractivity contribution >= 4 is 33.2 Å². The maximum Gasteiger partial charge on any atom is 0.224 e. The van der Waals surface area contributed by atoms with Gasteiger partial charge in [-0.1, -0.05) is 47.1 Å². The maximum absolute atomic E-state index is 11.4. The van der Waals surface area contributed by atoms with Gasteiger partial charge in [0.05, 0.1) is 0 Å². The maximum atomic E-state index is 11.4. The van der Waals surface area contributed by atoms with Gasteiger partial charge in [-0.2, -0.15) is 0 Å². The third-order valence-electron chi connectivity index (χ3n) is 3.22. The summed E-state index contributed by atoms with van der Waals surface area (Å²) in [5.41, 5.74) is 2.99. The molecule has 110 valence electrons. The Morgan fingerprint density at radius 1 is 1.14 bits per heavy atom. The molecule has 0 bridgehead atoms. The number of nitrogens with one attached hydrogen (secondary N) is 2. The number of carbonyl (C=O) groups excluding carboxylic acids is 1. The van der Waals surface area contributed by atoms with E-state index in [-0.39, 0.29) is 11.9 Å². The number of anilines is 2. The second kappa shape index (κ2) is 7.27. The molecule has 2 aromatic rings. The van der Waals surface area contributed by atoms with Crippen LogP contribution in [0.15, 0.2) is 53.0 Å². The summed E-state index contributed by atoms with van der Waals surface area (Å²) in [6.45, 7) is 3.95. The van der Waals surface area contributed by atoms with Gasteiger partial charge in [0.1, 0.15) is 0 Å². The van der Waals surface area contributed by atoms with E-state index in [2.05, 4.69) is 39.6 Å². The monoisotopic (exact) mass is 346 g/mol. The molecule has 0 aliphatic rings. The van der Waals surface area contributed by atoms with Crippen molar-refractivity contribution < 1.29 is 4.79 Å². The molecule has 0 aliphatic heterocycles. The Labute approximate surface area is 133 Å². The Hall–Kier alpha value is -1.81. The lowest BCUT2D eigenvalue weighted by molar-refractivity contribution is -0.115. The molecule has 4 heteroatoms. The van der Waals surface area contributed by atoms with Gasteiger partial charge in [0.25, 0.3) is 0 Å². The van der Waals surface area contributed by atoms with E-state index in [9.17, 15) is 4.79 Å². The van der Waals surface area contributed by atoms with Gasteiger partial charge >= 0.3 is 0 Å². The number of hydrogen-bond donors (Lipinski definition) is 2. The first-order chi connectivity index (χ1) is 10.1. The van der Waals surface area contributed by atoms with Gasteiger partial charge in [-0.15, -0.1) is 0 Å². The standard InChI is InChI=1S/C17H19BrN2O/c1-3-17(21)20-14-8-6-7-13(11-14)19-12(2)15-9-4-5-10-16(15)18/h4-12,19H,3H2,1-2H3,(H,20,21). The first kappa shape index (κ1) is 15.6. The fourth-order valence-corrected chi connectivity index (χ4v) is 2.72. The molecule has 1 unspecified atom stereocenters. The van der Waals surface area contributed by atoms with Crippen LogP contribution in [0.25, 0.3) is 0 Å². The highest BCUT2D eigenvalue weighted by Gasteiger charge is 2.09. The first-order valence-corrected chi connectivity index (χ1v) is 7.80. The van der Waals surface area contributed by atoms with Gasteiger partial charge < -0.3 is 10.6 Å². The van der Waals surface area contributed by atoms with E-state index < -0.39 is 0 Å². The highest BCUT2D eigenvalue weighted by molar-refractivity contribution is 9.10. The molecule has 21 heavy (non-hydrogen) atoms. The van der Waals surface area contributed by atoms with Gasteiger partial charge in [0.2, 0.25) is 5.91 Å². The highest BCUT2D eigenvalue weighted by atomic mass is 79.9. The summed E-state index contributed by atoms with van der Waals surface area (Å²) in [4.78, 5) is 11.4. The zero-order chi connectivity index (χ0) is 15.2. The first-order valence-electron chi connectivity index (χ1n) is 7.01. The smallest absolute Gasteiger partial charge is 0.224 e. The lowest BCUT2D eigenvalue weighted by Crippen LogP contribution is -2.10. The summed E-state index contributed by atoms with van der Waals surface area (Å²) >= 11 is 3.57. The largest absolute Gasteiger partial charge is 0.378 e. The lowest BCUT2D eigenvalue weighted by atomic mass is 10.1. The van der Waals surface area contributed by atoms with E-state index >= 15 is 0 Å². The molecule has 1 atom stereocenters. The molecule has 0 fully saturated rings. The van der Waals surface area contributed by atoms with Crippen molar-refractivity contribution in [1.29, 1.82) is 0 Å². The van der Waals surface area contributed by atoms with Crippen molar-refractivity contribution in [1.82, 2.24) is 0 Å². The van der Waals surface area contributed by atoms with Crippen LogP contribution in [0.1, 0.15) is 31.9 Å². The van der Waals surface area contributed by atoms with Crippen molar-refractivity contribution in [2.45, 2.75) is 26.3 Å². The minimum Gasteiger partial charge on any atom is -0.378 e. The average Bonchev–Trinajstić information content (AvgIpc) is 2.47. The SMILES string of the molecule is CCC(=O)Nc1cccc(NC(C)c2ccccc2Br)c1. The number of amides is 1. The van der Waals surface area contributed by atoms with E-state index in [1.807, 2.05) is 49.4 Å². The normalized spacial score (nSPS) is 11.8. The van der Waals surface area contributed by atoms with Crippen LogP contribution < -0.4 is 10.6 Å². The molecule has 0 saturated heterocycles. The van der Waals surface area contributed by atoms with Gasteiger partial charge in [-0.3, -0.25) is 4.79 Å². The molecule has 1 amide bonds. The molecule has 0 heterocycles.